The van der Waals surface area contributed by atoms with E-state index in [9.17, 15) is 8.42 Å². The molecule has 2 atom stereocenters. The molecule has 104 valence electrons. The lowest BCUT2D eigenvalue weighted by molar-refractivity contribution is 0.346. The van der Waals surface area contributed by atoms with Gasteiger partial charge in [0, 0.05) is 12.1 Å². The van der Waals surface area contributed by atoms with Crippen LogP contribution >= 0.6 is 12.4 Å². The molecule has 0 aromatic rings. The molecule has 1 aliphatic rings. The fraction of sp³-hybridized carbons (Fsp3) is 1.00. The standard InChI is InChI=1S/C11H24N2O2S.ClH/c1-9-10(6-5-7-12-9)13-16(14,15)8-11(2,3)4;/h9-10,12-13H,5-8H2,1-4H3;1H. The highest BCUT2D eigenvalue weighted by atomic mass is 35.5. The molecule has 0 aromatic carbocycles. The molecule has 1 rings (SSSR count). The van der Waals surface area contributed by atoms with E-state index in [1.54, 1.807) is 0 Å². The van der Waals surface area contributed by atoms with Gasteiger partial charge < -0.3 is 5.32 Å². The fourth-order valence-corrected chi connectivity index (χ4v) is 4.05. The second-order valence-corrected chi connectivity index (χ2v) is 7.68. The number of rotatable bonds is 3. The fourth-order valence-electron chi connectivity index (χ4n) is 2.05. The van der Waals surface area contributed by atoms with Gasteiger partial charge in [0.25, 0.3) is 0 Å². The van der Waals surface area contributed by atoms with Crippen LogP contribution in [0.25, 0.3) is 0 Å². The third kappa shape index (κ3) is 6.60. The molecule has 0 spiro atoms. The molecular weight excluding hydrogens is 260 g/mol. The van der Waals surface area contributed by atoms with Crippen LogP contribution in [-0.2, 0) is 10.0 Å². The van der Waals surface area contributed by atoms with Crippen molar-refractivity contribution in [3.63, 3.8) is 0 Å². The van der Waals surface area contributed by atoms with Gasteiger partial charge in [-0.15, -0.1) is 12.4 Å². The van der Waals surface area contributed by atoms with E-state index in [1.165, 1.54) is 0 Å². The Kier molecular flexibility index (Phi) is 6.42. The lowest BCUT2D eigenvalue weighted by atomic mass is 10.0. The Labute approximate surface area is 111 Å². The maximum Gasteiger partial charge on any atom is 0.212 e. The summed E-state index contributed by atoms with van der Waals surface area (Å²) in [4.78, 5) is 0. The van der Waals surface area contributed by atoms with Gasteiger partial charge in [-0.1, -0.05) is 20.8 Å². The first kappa shape index (κ1) is 17.2. The van der Waals surface area contributed by atoms with E-state index in [2.05, 4.69) is 10.0 Å². The maximum absolute atomic E-state index is 11.9. The normalized spacial score (nSPS) is 26.4. The zero-order chi connectivity index (χ0) is 12.4. The summed E-state index contributed by atoms with van der Waals surface area (Å²) in [5, 5.41) is 3.29. The van der Waals surface area contributed by atoms with Crippen LogP contribution in [0.3, 0.4) is 0 Å². The minimum atomic E-state index is -3.16. The maximum atomic E-state index is 11.9. The zero-order valence-electron chi connectivity index (χ0n) is 11.1. The first-order valence-corrected chi connectivity index (χ1v) is 7.58. The molecule has 17 heavy (non-hydrogen) atoms. The molecule has 2 N–H and O–H groups in total. The molecule has 1 saturated heterocycles. The SMILES string of the molecule is CC1NCCCC1NS(=O)(=O)CC(C)(C)C.Cl. The summed E-state index contributed by atoms with van der Waals surface area (Å²) < 4.78 is 26.7. The Morgan fingerprint density at radius 1 is 1.35 bits per heavy atom. The van der Waals surface area contributed by atoms with E-state index in [0.717, 1.165) is 19.4 Å². The topological polar surface area (TPSA) is 58.2 Å². The minimum absolute atomic E-state index is 0. The van der Waals surface area contributed by atoms with Crippen LogP contribution in [0, 0.1) is 5.41 Å². The van der Waals surface area contributed by atoms with Crippen molar-refractivity contribution in [3.8, 4) is 0 Å². The van der Waals surface area contributed by atoms with Gasteiger partial charge in [0.2, 0.25) is 10.0 Å². The van der Waals surface area contributed by atoms with E-state index in [4.69, 9.17) is 0 Å². The number of hydrogen-bond donors (Lipinski definition) is 2. The van der Waals surface area contributed by atoms with Crippen molar-refractivity contribution in [3.05, 3.63) is 0 Å². The smallest absolute Gasteiger partial charge is 0.212 e. The Bertz CT molecular complexity index is 325. The van der Waals surface area contributed by atoms with Gasteiger partial charge in [0.15, 0.2) is 0 Å². The van der Waals surface area contributed by atoms with E-state index < -0.39 is 10.0 Å². The molecule has 1 fully saturated rings. The quantitative estimate of drug-likeness (QED) is 0.826. The highest BCUT2D eigenvalue weighted by molar-refractivity contribution is 7.89. The minimum Gasteiger partial charge on any atom is -0.313 e. The number of halogens is 1. The second-order valence-electron chi connectivity index (χ2n) is 5.93. The average molecular weight is 285 g/mol. The van der Waals surface area contributed by atoms with Crippen molar-refractivity contribution >= 4 is 22.4 Å². The van der Waals surface area contributed by atoms with Gasteiger partial charge in [-0.05, 0) is 31.7 Å². The Morgan fingerprint density at radius 3 is 2.41 bits per heavy atom. The Morgan fingerprint density at radius 2 is 1.94 bits per heavy atom. The van der Waals surface area contributed by atoms with E-state index in [0.29, 0.717) is 0 Å². The van der Waals surface area contributed by atoms with Gasteiger partial charge in [-0.3, -0.25) is 0 Å². The summed E-state index contributed by atoms with van der Waals surface area (Å²) in [7, 11) is -3.16. The summed E-state index contributed by atoms with van der Waals surface area (Å²) >= 11 is 0. The Balaban J connectivity index is 0.00000256. The second kappa shape index (κ2) is 6.36. The molecular formula is C11H25ClN2O2S. The first-order chi connectivity index (χ1) is 7.20. The largest absolute Gasteiger partial charge is 0.313 e. The van der Waals surface area contributed by atoms with Crippen LogP contribution in [0.1, 0.15) is 40.5 Å². The summed E-state index contributed by atoms with van der Waals surface area (Å²) in [6, 6.07) is 0.268. The highest BCUT2D eigenvalue weighted by Crippen LogP contribution is 2.17. The highest BCUT2D eigenvalue weighted by Gasteiger charge is 2.28. The number of nitrogens with one attached hydrogen (secondary N) is 2. The third-order valence-corrected chi connectivity index (χ3v) is 4.62. The average Bonchev–Trinajstić information content (AvgIpc) is 2.04. The molecule has 0 bridgehead atoms. The van der Waals surface area contributed by atoms with Gasteiger partial charge in [0.05, 0.1) is 5.75 Å². The zero-order valence-corrected chi connectivity index (χ0v) is 12.7. The van der Waals surface area contributed by atoms with Gasteiger partial charge in [0.1, 0.15) is 0 Å². The summed E-state index contributed by atoms with van der Waals surface area (Å²) in [5.41, 5.74) is -0.197. The van der Waals surface area contributed by atoms with E-state index in [1.807, 2.05) is 27.7 Å². The molecule has 0 aliphatic carbocycles. The molecule has 0 radical (unpaired) electrons. The monoisotopic (exact) mass is 284 g/mol. The van der Waals surface area contributed by atoms with Gasteiger partial charge in [-0.25, -0.2) is 13.1 Å². The predicted molar refractivity (Wildman–Crippen MR) is 74.1 cm³/mol. The molecule has 2 unspecified atom stereocenters. The molecule has 0 amide bonds. The van der Waals surface area contributed by atoms with Crippen molar-refractivity contribution in [2.45, 2.75) is 52.6 Å². The van der Waals surface area contributed by atoms with Crippen LogP contribution in [0.4, 0.5) is 0 Å². The van der Waals surface area contributed by atoms with Crippen molar-refractivity contribution < 1.29 is 8.42 Å². The van der Waals surface area contributed by atoms with E-state index >= 15 is 0 Å². The van der Waals surface area contributed by atoms with Gasteiger partial charge in [-0.2, -0.15) is 0 Å². The summed E-state index contributed by atoms with van der Waals surface area (Å²) in [6.45, 7) is 8.83. The molecule has 1 heterocycles. The summed E-state index contributed by atoms with van der Waals surface area (Å²) in [6.07, 6.45) is 1.96. The van der Waals surface area contributed by atoms with Crippen LogP contribution in [0.5, 0.6) is 0 Å². The van der Waals surface area contributed by atoms with Crippen LogP contribution in [0.2, 0.25) is 0 Å². The molecule has 6 heteroatoms. The Hall–Kier alpha value is 0.160. The number of hydrogen-bond acceptors (Lipinski definition) is 3. The van der Waals surface area contributed by atoms with Crippen molar-refractivity contribution in [2.24, 2.45) is 5.41 Å². The molecule has 1 aliphatic heterocycles. The van der Waals surface area contributed by atoms with E-state index in [-0.39, 0.29) is 35.7 Å². The number of piperidine rings is 1. The van der Waals surface area contributed by atoms with Crippen molar-refractivity contribution in [2.75, 3.05) is 12.3 Å². The van der Waals surface area contributed by atoms with Crippen LogP contribution in [-0.4, -0.2) is 32.8 Å². The molecule has 0 aromatic heterocycles. The van der Waals surface area contributed by atoms with Gasteiger partial charge >= 0.3 is 0 Å². The van der Waals surface area contributed by atoms with Crippen molar-refractivity contribution in [1.29, 1.82) is 0 Å². The summed E-state index contributed by atoms with van der Waals surface area (Å²) in [5.74, 6) is 0.184. The van der Waals surface area contributed by atoms with Crippen molar-refractivity contribution in [1.82, 2.24) is 10.0 Å². The molecule has 0 saturated carbocycles. The molecule has 4 nitrogen and oxygen atoms in total. The van der Waals surface area contributed by atoms with Crippen LogP contribution < -0.4 is 10.0 Å². The first-order valence-electron chi connectivity index (χ1n) is 5.93. The predicted octanol–water partition coefficient (Wildman–Crippen LogP) is 1.51. The number of sulfonamides is 1. The third-order valence-electron chi connectivity index (χ3n) is 2.72. The lowest BCUT2D eigenvalue weighted by Gasteiger charge is -2.31. The lowest BCUT2D eigenvalue weighted by Crippen LogP contribution is -2.52. The van der Waals surface area contributed by atoms with Crippen LogP contribution in [0.15, 0.2) is 0 Å².